The van der Waals surface area contributed by atoms with Gasteiger partial charge in [0.1, 0.15) is 12.3 Å². The largest absolute Gasteiger partial charge is 0.425 e. The number of benzene rings is 3. The molecule has 1 aliphatic rings. The molecule has 0 bridgehead atoms. The first-order valence-corrected chi connectivity index (χ1v) is 9.98. The normalized spacial score (nSPS) is 13.0. The van der Waals surface area contributed by atoms with Gasteiger partial charge in [0.2, 0.25) is 0 Å². The van der Waals surface area contributed by atoms with E-state index in [2.05, 4.69) is 6.07 Å². The highest BCUT2D eigenvalue weighted by atomic mass is 35.5. The molecule has 0 atom stereocenters. The number of rotatable bonds is 5. The van der Waals surface area contributed by atoms with Crippen LogP contribution in [0.25, 0.3) is 11.6 Å². The summed E-state index contributed by atoms with van der Waals surface area (Å²) in [5.74, 6) is -1.52. The number of carbonyl (C=O) groups is 3. The summed E-state index contributed by atoms with van der Waals surface area (Å²) in [6.07, 6.45) is 1.69. The lowest BCUT2D eigenvalue weighted by Gasteiger charge is -2.13. The minimum Gasteiger partial charge on any atom is -0.425 e. The number of nitrogens with zero attached hydrogens (tertiary/aromatic N) is 2. The molecular weight excluding hydrogens is 428 g/mol. The first-order chi connectivity index (χ1) is 15.5. The van der Waals surface area contributed by atoms with Gasteiger partial charge in [0.15, 0.2) is 0 Å². The smallest absolute Gasteiger partial charge is 0.331 e. The Morgan fingerprint density at radius 2 is 1.62 bits per heavy atom. The zero-order valence-corrected chi connectivity index (χ0v) is 17.4. The molecule has 3 aromatic carbocycles. The standard InChI is InChI=1S/C25H15ClN2O4/c26-19-5-3-4-17(13-19)18(14-27)12-16-8-10-20(11-9-16)32-23(29)15-28-24(30)21-6-1-2-7-22(21)25(28)31/h1-13H,15H2/b18-12-. The van der Waals surface area contributed by atoms with E-state index in [1.807, 2.05) is 0 Å². The zero-order chi connectivity index (χ0) is 22.7. The molecule has 0 fully saturated rings. The van der Waals surface area contributed by atoms with Crippen LogP contribution in [0.1, 0.15) is 31.8 Å². The molecule has 0 unspecified atom stereocenters. The summed E-state index contributed by atoms with van der Waals surface area (Å²) in [6.45, 7) is -0.485. The van der Waals surface area contributed by atoms with E-state index < -0.39 is 24.3 Å². The molecule has 4 rings (SSSR count). The Labute approximate surface area is 188 Å². The highest BCUT2D eigenvalue weighted by Crippen LogP contribution is 2.24. The van der Waals surface area contributed by atoms with Crippen molar-refractivity contribution in [2.75, 3.05) is 6.54 Å². The molecule has 1 aliphatic heterocycles. The molecule has 0 N–H and O–H groups in total. The summed E-state index contributed by atoms with van der Waals surface area (Å²) in [6, 6.07) is 22.0. The Kier molecular flexibility index (Phi) is 5.84. The fraction of sp³-hybridized carbons (Fsp3) is 0.0400. The van der Waals surface area contributed by atoms with E-state index in [1.165, 1.54) is 0 Å². The third-order valence-electron chi connectivity index (χ3n) is 4.84. The maximum atomic E-state index is 12.4. The number of halogens is 1. The summed E-state index contributed by atoms with van der Waals surface area (Å²) in [5, 5.41) is 9.99. The van der Waals surface area contributed by atoms with Crippen molar-refractivity contribution in [1.82, 2.24) is 4.90 Å². The van der Waals surface area contributed by atoms with E-state index >= 15 is 0 Å². The highest BCUT2D eigenvalue weighted by Gasteiger charge is 2.36. The van der Waals surface area contributed by atoms with Crippen LogP contribution in [0.5, 0.6) is 5.75 Å². The second-order valence-corrected chi connectivity index (χ2v) is 7.40. The molecule has 6 nitrogen and oxygen atoms in total. The number of hydrogen-bond acceptors (Lipinski definition) is 5. The van der Waals surface area contributed by atoms with Crippen LogP contribution in [-0.2, 0) is 4.79 Å². The van der Waals surface area contributed by atoms with Crippen molar-refractivity contribution < 1.29 is 19.1 Å². The Morgan fingerprint density at radius 3 is 2.22 bits per heavy atom. The lowest BCUT2D eigenvalue weighted by molar-refractivity contribution is -0.134. The van der Waals surface area contributed by atoms with Crippen molar-refractivity contribution in [1.29, 1.82) is 5.26 Å². The third kappa shape index (κ3) is 4.29. The van der Waals surface area contributed by atoms with E-state index in [1.54, 1.807) is 78.9 Å². The maximum Gasteiger partial charge on any atom is 0.331 e. The van der Waals surface area contributed by atoms with E-state index in [4.69, 9.17) is 16.3 Å². The number of nitriles is 1. The molecule has 2 amide bonds. The van der Waals surface area contributed by atoms with Crippen molar-refractivity contribution in [2.45, 2.75) is 0 Å². The number of carbonyl (C=O) groups excluding carboxylic acids is 3. The third-order valence-corrected chi connectivity index (χ3v) is 5.08. The molecule has 0 aliphatic carbocycles. The van der Waals surface area contributed by atoms with E-state index in [0.29, 0.717) is 16.2 Å². The lowest BCUT2D eigenvalue weighted by atomic mass is 10.0. The number of fused-ring (bicyclic) bond motifs is 1. The summed E-state index contributed by atoms with van der Waals surface area (Å²) in [4.78, 5) is 37.9. The van der Waals surface area contributed by atoms with Crippen LogP contribution in [0.4, 0.5) is 0 Å². The van der Waals surface area contributed by atoms with Gasteiger partial charge in [-0.15, -0.1) is 0 Å². The molecule has 7 heteroatoms. The van der Waals surface area contributed by atoms with Gasteiger partial charge in [0.05, 0.1) is 22.8 Å². The number of amides is 2. The van der Waals surface area contributed by atoms with Crippen molar-refractivity contribution >= 4 is 41.0 Å². The first-order valence-electron chi connectivity index (χ1n) is 9.60. The van der Waals surface area contributed by atoms with Gasteiger partial charge < -0.3 is 4.74 Å². The van der Waals surface area contributed by atoms with E-state index in [9.17, 15) is 19.6 Å². The molecule has 0 saturated heterocycles. The topological polar surface area (TPSA) is 87.5 Å². The number of esters is 1. The van der Waals surface area contributed by atoms with E-state index in [-0.39, 0.29) is 16.9 Å². The van der Waals surface area contributed by atoms with Gasteiger partial charge in [-0.25, -0.2) is 4.79 Å². The molecular formula is C25H15ClN2O4. The summed E-state index contributed by atoms with van der Waals surface area (Å²) >= 11 is 5.99. The van der Waals surface area contributed by atoms with Crippen molar-refractivity contribution in [3.8, 4) is 11.8 Å². The van der Waals surface area contributed by atoms with Crippen LogP contribution in [-0.4, -0.2) is 29.2 Å². The molecule has 3 aromatic rings. The first kappa shape index (κ1) is 21.0. The monoisotopic (exact) mass is 442 g/mol. The van der Waals surface area contributed by atoms with Crippen molar-refractivity contribution in [3.05, 3.63) is 100 Å². The second-order valence-electron chi connectivity index (χ2n) is 6.97. The summed E-state index contributed by atoms with van der Waals surface area (Å²) < 4.78 is 5.27. The molecule has 0 aromatic heterocycles. The van der Waals surface area contributed by atoms with Crippen LogP contribution in [0, 0.1) is 11.3 Å². The Balaban J connectivity index is 1.43. The van der Waals surface area contributed by atoms with Gasteiger partial charge in [-0.3, -0.25) is 14.5 Å². The minimum atomic E-state index is -0.737. The molecule has 0 radical (unpaired) electrons. The van der Waals surface area contributed by atoms with Crippen LogP contribution < -0.4 is 4.74 Å². The Morgan fingerprint density at radius 1 is 0.969 bits per heavy atom. The number of ether oxygens (including phenoxy) is 1. The Bertz CT molecular complexity index is 1270. The summed E-state index contributed by atoms with van der Waals surface area (Å²) in [5.41, 5.74) is 2.39. The van der Waals surface area contributed by atoms with Gasteiger partial charge in [0.25, 0.3) is 11.8 Å². The number of imide groups is 1. The molecule has 0 saturated carbocycles. The lowest BCUT2D eigenvalue weighted by Crippen LogP contribution is -2.36. The fourth-order valence-corrected chi connectivity index (χ4v) is 3.50. The average molecular weight is 443 g/mol. The Hall–Kier alpha value is -4.21. The molecule has 1 heterocycles. The van der Waals surface area contributed by atoms with Crippen LogP contribution >= 0.6 is 11.6 Å². The maximum absolute atomic E-state index is 12.4. The van der Waals surface area contributed by atoms with Crippen LogP contribution in [0.2, 0.25) is 5.02 Å². The van der Waals surface area contributed by atoms with Gasteiger partial charge in [-0.05, 0) is 53.6 Å². The van der Waals surface area contributed by atoms with Gasteiger partial charge in [-0.1, -0.05) is 48.0 Å². The molecule has 156 valence electrons. The van der Waals surface area contributed by atoms with Gasteiger partial charge in [0, 0.05) is 5.02 Å². The van der Waals surface area contributed by atoms with Crippen LogP contribution in [0.15, 0.2) is 72.8 Å². The fourth-order valence-electron chi connectivity index (χ4n) is 3.31. The second kappa shape index (κ2) is 8.88. The average Bonchev–Trinajstić information content (AvgIpc) is 3.03. The minimum absolute atomic E-state index is 0.255. The predicted octanol–water partition coefficient (Wildman–Crippen LogP) is 4.61. The summed E-state index contributed by atoms with van der Waals surface area (Å²) in [7, 11) is 0. The highest BCUT2D eigenvalue weighted by molar-refractivity contribution is 6.30. The predicted molar refractivity (Wildman–Crippen MR) is 119 cm³/mol. The van der Waals surface area contributed by atoms with Crippen LogP contribution in [0.3, 0.4) is 0 Å². The van der Waals surface area contributed by atoms with E-state index in [0.717, 1.165) is 10.5 Å². The molecule has 32 heavy (non-hydrogen) atoms. The SMILES string of the molecule is N#C/C(=C/c1ccc(OC(=O)CN2C(=O)c3ccccc3C2=O)cc1)c1cccc(Cl)c1. The van der Waals surface area contributed by atoms with Gasteiger partial charge >= 0.3 is 5.97 Å². The van der Waals surface area contributed by atoms with Gasteiger partial charge in [-0.2, -0.15) is 5.26 Å². The van der Waals surface area contributed by atoms with Crippen molar-refractivity contribution in [3.63, 3.8) is 0 Å². The number of allylic oxidation sites excluding steroid dienone is 1. The van der Waals surface area contributed by atoms with Crippen molar-refractivity contribution in [2.24, 2.45) is 0 Å². The number of hydrogen-bond donors (Lipinski definition) is 0. The molecule has 0 spiro atoms. The zero-order valence-electron chi connectivity index (χ0n) is 16.6. The quantitative estimate of drug-likeness (QED) is 0.189.